The van der Waals surface area contributed by atoms with E-state index in [1.54, 1.807) is 6.20 Å². The van der Waals surface area contributed by atoms with E-state index in [0.717, 1.165) is 5.69 Å². The van der Waals surface area contributed by atoms with E-state index in [2.05, 4.69) is 61.4 Å². The van der Waals surface area contributed by atoms with Gasteiger partial charge in [0.15, 0.2) is 0 Å². The summed E-state index contributed by atoms with van der Waals surface area (Å²) in [6.07, 6.45) is 3.74. The third kappa shape index (κ3) is 2.01. The Bertz CT molecular complexity index is 789. The zero-order chi connectivity index (χ0) is 13.7. The largest absolute Gasteiger partial charge is 0.260 e. The first-order valence-electron chi connectivity index (χ1n) is 6.84. The molecule has 4 rings (SSSR count). The normalized spacial score (nSPS) is 14.2. The summed E-state index contributed by atoms with van der Waals surface area (Å²) in [6.45, 7) is 4.55. The number of nitrogens with zero attached hydrogens (tertiary/aromatic N) is 2. The van der Waals surface area contributed by atoms with Crippen LogP contribution in [0.2, 0.25) is 0 Å². The molecule has 0 amide bonds. The molecule has 108 valence electrons. The van der Waals surface area contributed by atoms with Crippen molar-refractivity contribution in [2.75, 3.05) is 0 Å². The van der Waals surface area contributed by atoms with Gasteiger partial charge in [0.2, 0.25) is 0 Å². The zero-order valence-electron chi connectivity index (χ0n) is 11.9. The Morgan fingerprint density at radius 1 is 1.00 bits per heavy atom. The molecule has 0 saturated carbocycles. The van der Waals surface area contributed by atoms with Crippen molar-refractivity contribution in [2.45, 2.75) is 19.3 Å². The Kier molecular flexibility index (Phi) is 3.37. The molecule has 0 fully saturated rings. The molecule has 0 N–H and O–H groups in total. The van der Waals surface area contributed by atoms with Crippen LogP contribution >= 0.6 is 0 Å². The minimum Gasteiger partial charge on any atom is -0.260 e. The minimum absolute atomic E-state index is 0. The molecule has 0 spiro atoms. The van der Waals surface area contributed by atoms with Gasteiger partial charge in [0.05, 0.1) is 0 Å². The molecule has 0 radical (unpaired) electrons. The van der Waals surface area contributed by atoms with E-state index in [9.17, 15) is 0 Å². The molecule has 1 aromatic heterocycles. The molecule has 3 aromatic rings. The van der Waals surface area contributed by atoms with Crippen LogP contribution in [0.3, 0.4) is 0 Å². The monoisotopic (exact) mass is 454 g/mol. The van der Waals surface area contributed by atoms with Crippen LogP contribution < -0.4 is 0 Å². The topological polar surface area (TPSA) is 17.8 Å². The van der Waals surface area contributed by atoms with E-state index >= 15 is 0 Å². The van der Waals surface area contributed by atoms with Crippen LogP contribution in [0, 0.1) is 6.07 Å². The smallest absolute Gasteiger partial charge is 0.0493 e. The molecule has 1 heterocycles. The number of aromatic nitrogens is 2. The molecule has 0 atom stereocenters. The fourth-order valence-electron chi connectivity index (χ4n) is 3.15. The molecule has 2 nitrogen and oxygen atoms in total. The Morgan fingerprint density at radius 2 is 1.81 bits per heavy atom. The fourth-order valence-corrected chi connectivity index (χ4v) is 3.15. The average molecular weight is 454 g/mol. The van der Waals surface area contributed by atoms with E-state index in [1.807, 2.05) is 16.9 Å². The maximum atomic E-state index is 4.29. The van der Waals surface area contributed by atoms with E-state index in [0.29, 0.717) is 0 Å². The molecule has 0 unspecified atom stereocenters. The number of hydrogen-bond donors (Lipinski definition) is 0. The van der Waals surface area contributed by atoms with Crippen LogP contribution in [0.15, 0.2) is 54.9 Å². The maximum absolute atomic E-state index is 4.29. The van der Waals surface area contributed by atoms with Gasteiger partial charge < -0.3 is 0 Å². The maximum Gasteiger partial charge on any atom is 0.0493 e. The first-order chi connectivity index (χ1) is 9.68. The van der Waals surface area contributed by atoms with E-state index in [4.69, 9.17) is 0 Å². The summed E-state index contributed by atoms with van der Waals surface area (Å²) in [5.41, 5.74) is 6.25. The Labute approximate surface area is 139 Å². The summed E-state index contributed by atoms with van der Waals surface area (Å²) in [4.78, 5) is 0. The standard InChI is InChI=1S/C18H15N2.Pt/c1-18(2)16-7-4-3-6-14(16)15-12-13(8-9-17(15)18)20-11-5-10-19-20;/h3-11H,1-2H3;/q-1;. The Balaban J connectivity index is 0.00000132. The fraction of sp³-hybridized carbons (Fsp3) is 0.167. The third-order valence-corrected chi connectivity index (χ3v) is 4.22. The van der Waals surface area contributed by atoms with Crippen molar-refractivity contribution in [3.8, 4) is 16.8 Å². The van der Waals surface area contributed by atoms with Crippen LogP contribution in [-0.4, -0.2) is 9.78 Å². The average Bonchev–Trinajstić information content (AvgIpc) is 3.07. The van der Waals surface area contributed by atoms with Gasteiger partial charge in [0.1, 0.15) is 0 Å². The van der Waals surface area contributed by atoms with Gasteiger partial charge in [-0.05, 0) is 17.2 Å². The zero-order valence-corrected chi connectivity index (χ0v) is 14.2. The molecule has 1 aliphatic carbocycles. The second-order valence-electron chi connectivity index (χ2n) is 5.75. The Hall–Kier alpha value is -1.66. The van der Waals surface area contributed by atoms with Crippen LogP contribution in [-0.2, 0) is 26.5 Å². The molecule has 0 bridgehead atoms. The van der Waals surface area contributed by atoms with Crippen molar-refractivity contribution < 1.29 is 21.1 Å². The van der Waals surface area contributed by atoms with Crippen molar-refractivity contribution in [1.82, 2.24) is 9.78 Å². The molecular formula is C18H15N2Pt-. The molecule has 21 heavy (non-hydrogen) atoms. The first-order valence-corrected chi connectivity index (χ1v) is 6.84. The van der Waals surface area contributed by atoms with Crippen molar-refractivity contribution >= 4 is 0 Å². The van der Waals surface area contributed by atoms with Crippen LogP contribution in [0.1, 0.15) is 25.0 Å². The summed E-state index contributed by atoms with van der Waals surface area (Å²) < 4.78 is 1.86. The molecule has 3 heteroatoms. The Morgan fingerprint density at radius 3 is 2.57 bits per heavy atom. The van der Waals surface area contributed by atoms with Gasteiger partial charge in [-0.1, -0.05) is 49.2 Å². The van der Waals surface area contributed by atoms with E-state index in [1.165, 1.54) is 22.3 Å². The van der Waals surface area contributed by atoms with Gasteiger partial charge in [-0.3, -0.25) is 4.68 Å². The summed E-state index contributed by atoms with van der Waals surface area (Å²) >= 11 is 0. The molecule has 1 aliphatic rings. The summed E-state index contributed by atoms with van der Waals surface area (Å²) in [6, 6.07) is 18.4. The summed E-state index contributed by atoms with van der Waals surface area (Å²) in [7, 11) is 0. The quantitative estimate of drug-likeness (QED) is 0.509. The number of rotatable bonds is 1. The second kappa shape index (κ2) is 4.96. The predicted octanol–water partition coefficient (Wildman–Crippen LogP) is 3.98. The number of hydrogen-bond acceptors (Lipinski definition) is 1. The van der Waals surface area contributed by atoms with Crippen molar-refractivity contribution in [2.24, 2.45) is 0 Å². The second-order valence-corrected chi connectivity index (χ2v) is 5.75. The van der Waals surface area contributed by atoms with Gasteiger partial charge in [-0.2, -0.15) is 5.10 Å². The van der Waals surface area contributed by atoms with Crippen molar-refractivity contribution in [3.63, 3.8) is 0 Å². The van der Waals surface area contributed by atoms with E-state index in [-0.39, 0.29) is 26.5 Å². The van der Waals surface area contributed by atoms with E-state index < -0.39 is 0 Å². The van der Waals surface area contributed by atoms with Gasteiger partial charge in [-0.25, -0.2) is 0 Å². The molecule has 0 aliphatic heterocycles. The summed E-state index contributed by atoms with van der Waals surface area (Å²) in [5.74, 6) is 0. The number of benzene rings is 2. The van der Waals surface area contributed by atoms with Gasteiger partial charge >= 0.3 is 0 Å². The first kappa shape index (κ1) is 14.3. The molecule has 0 saturated heterocycles. The predicted molar refractivity (Wildman–Crippen MR) is 80.0 cm³/mol. The molecule has 2 aromatic carbocycles. The van der Waals surface area contributed by atoms with Crippen molar-refractivity contribution in [1.29, 1.82) is 0 Å². The summed E-state index contributed by atoms with van der Waals surface area (Å²) in [5, 5.41) is 4.29. The van der Waals surface area contributed by atoms with Gasteiger partial charge in [0.25, 0.3) is 0 Å². The minimum atomic E-state index is 0. The third-order valence-electron chi connectivity index (χ3n) is 4.22. The van der Waals surface area contributed by atoms with Crippen molar-refractivity contribution in [3.05, 3.63) is 72.1 Å². The van der Waals surface area contributed by atoms with Crippen LogP contribution in [0.5, 0.6) is 0 Å². The van der Waals surface area contributed by atoms with Crippen LogP contribution in [0.4, 0.5) is 0 Å². The van der Waals surface area contributed by atoms with Gasteiger partial charge in [0, 0.05) is 33.5 Å². The number of fused-ring (bicyclic) bond motifs is 3. The van der Waals surface area contributed by atoms with Crippen LogP contribution in [0.25, 0.3) is 16.8 Å². The van der Waals surface area contributed by atoms with Gasteiger partial charge in [-0.15, -0.1) is 29.3 Å². The SMILES string of the molecule is CC1(C)c2ccc(-n3cccn3)[c-]c2-c2ccccc21.[Pt]. The molecular weight excluding hydrogens is 439 g/mol.